The highest BCUT2D eigenvalue weighted by molar-refractivity contribution is 5.92. The molecule has 0 fully saturated rings. The molecular weight excluding hydrogens is 374 g/mol. The maximum atomic E-state index is 12.6. The van der Waals surface area contributed by atoms with Crippen molar-refractivity contribution in [2.45, 2.75) is 27.4 Å². The van der Waals surface area contributed by atoms with Gasteiger partial charge in [-0.05, 0) is 61.7 Å². The molecule has 154 valence electrons. The largest absolute Gasteiger partial charge is 0.457 e. The zero-order chi connectivity index (χ0) is 21.5. The minimum Gasteiger partial charge on any atom is -0.457 e. The Hall–Kier alpha value is -3.47. The summed E-state index contributed by atoms with van der Waals surface area (Å²) in [6, 6.07) is 17.5. The van der Waals surface area contributed by atoms with E-state index in [1.165, 1.54) is 0 Å². The van der Waals surface area contributed by atoms with Crippen molar-refractivity contribution in [3.63, 3.8) is 0 Å². The number of nitrogens with zero attached hydrogens (tertiary/aromatic N) is 3. The third kappa shape index (κ3) is 5.32. The van der Waals surface area contributed by atoms with Crippen LogP contribution in [0.5, 0.6) is 0 Å². The van der Waals surface area contributed by atoms with Gasteiger partial charge in [0.05, 0.1) is 23.3 Å². The number of aryl methyl sites for hydroxylation is 2. The van der Waals surface area contributed by atoms with Gasteiger partial charge in [0, 0.05) is 25.4 Å². The Balaban J connectivity index is 1.66. The van der Waals surface area contributed by atoms with Crippen LogP contribution in [0.2, 0.25) is 0 Å². The van der Waals surface area contributed by atoms with Crippen molar-refractivity contribution >= 4 is 18.0 Å². The third-order valence-electron chi connectivity index (χ3n) is 4.94. The molecule has 0 spiro atoms. The summed E-state index contributed by atoms with van der Waals surface area (Å²) in [4.78, 5) is 23.5. The summed E-state index contributed by atoms with van der Waals surface area (Å²) >= 11 is 0. The van der Waals surface area contributed by atoms with Crippen molar-refractivity contribution in [1.29, 1.82) is 0 Å². The summed E-state index contributed by atoms with van der Waals surface area (Å²) in [6.45, 7) is 7.02. The second kappa shape index (κ2) is 9.83. The maximum absolute atomic E-state index is 12.6. The molecule has 30 heavy (non-hydrogen) atoms. The predicted octanol–water partition coefficient (Wildman–Crippen LogP) is 5.33. The summed E-state index contributed by atoms with van der Waals surface area (Å²) in [6.07, 6.45) is 3.57. The van der Waals surface area contributed by atoms with Crippen LogP contribution in [0.25, 0.3) is 11.3 Å². The van der Waals surface area contributed by atoms with Gasteiger partial charge in [0.25, 0.3) is 0 Å². The molecule has 0 radical (unpaired) electrons. The molecule has 0 saturated heterocycles. The summed E-state index contributed by atoms with van der Waals surface area (Å²) in [5.74, 6) is -0.328. The Bertz CT molecular complexity index is 1030. The van der Waals surface area contributed by atoms with Crippen molar-refractivity contribution in [3.05, 3.63) is 83.0 Å². The number of benzene rings is 2. The van der Waals surface area contributed by atoms with Crippen LogP contribution in [0.4, 0.5) is 5.69 Å². The van der Waals surface area contributed by atoms with Gasteiger partial charge in [0.15, 0.2) is 0 Å². The van der Waals surface area contributed by atoms with E-state index in [1.54, 1.807) is 12.5 Å². The lowest BCUT2D eigenvalue weighted by Crippen LogP contribution is -2.14. The number of aromatic nitrogens is 1. The van der Waals surface area contributed by atoms with Gasteiger partial charge in [-0.3, -0.25) is 4.98 Å². The molecular formula is C25H27N3O2. The van der Waals surface area contributed by atoms with E-state index in [0.29, 0.717) is 5.56 Å². The van der Waals surface area contributed by atoms with E-state index in [9.17, 15) is 4.79 Å². The van der Waals surface area contributed by atoms with Crippen molar-refractivity contribution < 1.29 is 9.53 Å². The van der Waals surface area contributed by atoms with E-state index in [4.69, 9.17) is 4.74 Å². The molecule has 0 unspecified atom stereocenters. The number of hydrogen-bond acceptors (Lipinski definition) is 4. The molecule has 0 bridgehead atoms. The van der Waals surface area contributed by atoms with Crippen LogP contribution in [0.3, 0.4) is 0 Å². The van der Waals surface area contributed by atoms with E-state index in [0.717, 1.165) is 40.2 Å². The minimum absolute atomic E-state index is 0.223. The highest BCUT2D eigenvalue weighted by Crippen LogP contribution is 2.24. The number of esters is 1. The zero-order valence-electron chi connectivity index (χ0n) is 17.9. The summed E-state index contributed by atoms with van der Waals surface area (Å²) in [7, 11) is 1.97. The Morgan fingerprint density at radius 2 is 1.87 bits per heavy atom. The molecule has 1 heterocycles. The van der Waals surface area contributed by atoms with Crippen LogP contribution in [0, 0.1) is 13.8 Å². The van der Waals surface area contributed by atoms with Gasteiger partial charge in [-0.1, -0.05) is 30.3 Å². The normalized spacial score (nSPS) is 10.9. The lowest BCUT2D eigenvalue weighted by atomic mass is 10.0. The molecule has 0 aliphatic carbocycles. The monoisotopic (exact) mass is 401 g/mol. The Morgan fingerprint density at radius 3 is 2.53 bits per heavy atom. The topological polar surface area (TPSA) is 54.8 Å². The fourth-order valence-electron chi connectivity index (χ4n) is 2.93. The third-order valence-corrected chi connectivity index (χ3v) is 4.94. The quantitative estimate of drug-likeness (QED) is 0.305. The molecule has 2 aromatic carbocycles. The van der Waals surface area contributed by atoms with E-state index >= 15 is 0 Å². The lowest BCUT2D eigenvalue weighted by molar-refractivity contribution is 0.0472. The van der Waals surface area contributed by atoms with E-state index < -0.39 is 0 Å². The van der Waals surface area contributed by atoms with Crippen molar-refractivity contribution in [3.8, 4) is 11.3 Å². The Morgan fingerprint density at radius 1 is 1.10 bits per heavy atom. The van der Waals surface area contributed by atoms with Crippen LogP contribution >= 0.6 is 0 Å². The van der Waals surface area contributed by atoms with Crippen LogP contribution < -0.4 is 0 Å². The average Bonchev–Trinajstić information content (AvgIpc) is 2.78. The number of pyridine rings is 1. The molecule has 3 rings (SSSR count). The van der Waals surface area contributed by atoms with E-state index in [1.807, 2.05) is 80.4 Å². The van der Waals surface area contributed by atoms with Gasteiger partial charge in [-0.15, -0.1) is 0 Å². The SMILES string of the molecule is CCN(C)/C=N/c1cc(C)c(C(=O)OCc2ccc(-c3ccccn3)cc2)cc1C. The molecule has 1 aromatic heterocycles. The van der Waals surface area contributed by atoms with Crippen molar-refractivity contribution in [2.24, 2.45) is 4.99 Å². The maximum Gasteiger partial charge on any atom is 0.338 e. The highest BCUT2D eigenvalue weighted by Gasteiger charge is 2.13. The summed E-state index contributed by atoms with van der Waals surface area (Å²) in [5, 5.41) is 0. The first-order valence-corrected chi connectivity index (χ1v) is 10.0. The molecule has 0 N–H and O–H groups in total. The number of hydrogen-bond donors (Lipinski definition) is 0. The highest BCUT2D eigenvalue weighted by atomic mass is 16.5. The fourth-order valence-corrected chi connectivity index (χ4v) is 2.93. The lowest BCUT2D eigenvalue weighted by Gasteiger charge is -2.12. The number of carbonyl (C=O) groups is 1. The second-order valence-electron chi connectivity index (χ2n) is 7.26. The number of ether oxygens (including phenoxy) is 1. The fraction of sp³-hybridized carbons (Fsp3) is 0.240. The van der Waals surface area contributed by atoms with Crippen LogP contribution in [0.1, 0.15) is 34.0 Å². The van der Waals surface area contributed by atoms with Gasteiger partial charge < -0.3 is 9.64 Å². The van der Waals surface area contributed by atoms with Gasteiger partial charge in [-0.25, -0.2) is 9.79 Å². The smallest absolute Gasteiger partial charge is 0.338 e. The molecule has 3 aromatic rings. The molecule has 0 aliphatic heterocycles. The first-order chi connectivity index (χ1) is 14.5. The second-order valence-corrected chi connectivity index (χ2v) is 7.26. The standard InChI is InChI=1S/C25H27N3O2/c1-5-28(4)17-27-24-15-18(2)22(14-19(24)3)25(29)30-16-20-9-11-21(12-10-20)23-8-6-7-13-26-23/h6-15,17H,5,16H2,1-4H3/b27-17+. The molecule has 0 aliphatic rings. The predicted molar refractivity (Wildman–Crippen MR) is 121 cm³/mol. The van der Waals surface area contributed by atoms with Gasteiger partial charge >= 0.3 is 5.97 Å². The number of carbonyl (C=O) groups excluding carboxylic acids is 1. The Kier molecular flexibility index (Phi) is 6.96. The summed E-state index contributed by atoms with van der Waals surface area (Å²) in [5.41, 5.74) is 6.09. The molecule has 5 nitrogen and oxygen atoms in total. The first kappa shape index (κ1) is 21.2. The number of aliphatic imine (C=N–C) groups is 1. The van der Waals surface area contributed by atoms with Crippen molar-refractivity contribution in [1.82, 2.24) is 9.88 Å². The van der Waals surface area contributed by atoms with Crippen LogP contribution in [-0.4, -0.2) is 35.8 Å². The van der Waals surface area contributed by atoms with Crippen LogP contribution in [-0.2, 0) is 11.3 Å². The van der Waals surface area contributed by atoms with Gasteiger partial charge in [0.2, 0.25) is 0 Å². The van der Waals surface area contributed by atoms with E-state index in [2.05, 4.69) is 16.9 Å². The zero-order valence-corrected chi connectivity index (χ0v) is 17.9. The molecule has 0 saturated carbocycles. The molecule has 5 heteroatoms. The first-order valence-electron chi connectivity index (χ1n) is 10.0. The van der Waals surface area contributed by atoms with Crippen LogP contribution in [0.15, 0.2) is 65.8 Å². The van der Waals surface area contributed by atoms with E-state index in [-0.39, 0.29) is 12.6 Å². The van der Waals surface area contributed by atoms with Crippen molar-refractivity contribution in [2.75, 3.05) is 13.6 Å². The summed E-state index contributed by atoms with van der Waals surface area (Å²) < 4.78 is 5.55. The average molecular weight is 402 g/mol. The van der Waals surface area contributed by atoms with Gasteiger partial charge in [-0.2, -0.15) is 0 Å². The minimum atomic E-state index is -0.328. The molecule has 0 amide bonds. The Labute approximate surface area is 178 Å². The van der Waals surface area contributed by atoms with Gasteiger partial charge in [0.1, 0.15) is 6.61 Å². The molecule has 0 atom stereocenters. The number of rotatable bonds is 7.